The molecule has 0 fully saturated rings. The van der Waals surface area contributed by atoms with Gasteiger partial charge in [-0.25, -0.2) is 4.79 Å². The standard InChI is InChI=1S/C21H16O6/c22-12-6-15-20(18-8-13(23)9-19(26)27-18)14(11-4-2-1-3-5-11)10-17(25)21(15)16(24)7-12/h1-5,8-10,12,22-23,25H,6-7H2/t12-/m0/s1. The van der Waals surface area contributed by atoms with Crippen molar-refractivity contribution in [3.05, 3.63) is 70.1 Å². The average molecular weight is 364 g/mol. The average Bonchev–Trinajstić information content (AvgIpc) is 2.60. The Morgan fingerprint density at radius 2 is 1.67 bits per heavy atom. The first-order valence-electron chi connectivity index (χ1n) is 8.44. The third kappa shape index (κ3) is 3.00. The first-order chi connectivity index (χ1) is 12.9. The summed E-state index contributed by atoms with van der Waals surface area (Å²) >= 11 is 0. The number of Topliss-reactive ketones (excluding diaryl/α,β-unsaturated/α-hetero) is 1. The molecule has 1 heterocycles. The summed E-state index contributed by atoms with van der Waals surface area (Å²) in [6.07, 6.45) is -0.878. The van der Waals surface area contributed by atoms with Crippen LogP contribution in [-0.4, -0.2) is 27.2 Å². The lowest BCUT2D eigenvalue weighted by Crippen LogP contribution is -2.25. The fourth-order valence-corrected chi connectivity index (χ4v) is 3.58. The summed E-state index contributed by atoms with van der Waals surface area (Å²) in [7, 11) is 0. The SMILES string of the molecule is O=C1C[C@@H](O)Cc2c1c(O)cc(-c1ccccc1)c2-c1cc(O)cc(=O)o1. The van der Waals surface area contributed by atoms with Crippen LogP contribution in [0.25, 0.3) is 22.5 Å². The Hall–Kier alpha value is -3.38. The third-order valence-corrected chi connectivity index (χ3v) is 4.64. The van der Waals surface area contributed by atoms with Gasteiger partial charge in [0.15, 0.2) is 5.78 Å². The number of aliphatic hydroxyl groups is 1. The summed E-state index contributed by atoms with van der Waals surface area (Å²) in [6, 6.07) is 12.8. The minimum atomic E-state index is -0.904. The van der Waals surface area contributed by atoms with E-state index in [4.69, 9.17) is 4.42 Å². The van der Waals surface area contributed by atoms with E-state index in [0.29, 0.717) is 16.7 Å². The Morgan fingerprint density at radius 1 is 0.926 bits per heavy atom. The van der Waals surface area contributed by atoms with Gasteiger partial charge < -0.3 is 19.7 Å². The van der Waals surface area contributed by atoms with Crippen molar-refractivity contribution in [1.82, 2.24) is 0 Å². The maximum absolute atomic E-state index is 12.4. The summed E-state index contributed by atoms with van der Waals surface area (Å²) < 4.78 is 5.29. The summed E-state index contributed by atoms with van der Waals surface area (Å²) in [6.45, 7) is 0. The number of aliphatic hydroxyl groups excluding tert-OH is 1. The van der Waals surface area contributed by atoms with Crippen LogP contribution in [0.2, 0.25) is 0 Å². The molecular formula is C21H16O6. The van der Waals surface area contributed by atoms with E-state index in [9.17, 15) is 24.9 Å². The number of hydrogen-bond acceptors (Lipinski definition) is 6. The van der Waals surface area contributed by atoms with Gasteiger partial charge in [-0.3, -0.25) is 4.79 Å². The number of carbonyl (C=O) groups excluding carboxylic acids is 1. The van der Waals surface area contributed by atoms with E-state index in [1.165, 1.54) is 12.1 Å². The van der Waals surface area contributed by atoms with Gasteiger partial charge in [-0.05, 0) is 22.8 Å². The molecule has 1 aromatic heterocycles. The number of ketones is 1. The quantitative estimate of drug-likeness (QED) is 0.645. The van der Waals surface area contributed by atoms with Crippen LogP contribution in [0.4, 0.5) is 0 Å². The van der Waals surface area contributed by atoms with Crippen molar-refractivity contribution < 1.29 is 24.5 Å². The number of carbonyl (C=O) groups is 1. The van der Waals surface area contributed by atoms with Crippen LogP contribution >= 0.6 is 0 Å². The van der Waals surface area contributed by atoms with Crippen LogP contribution in [0, 0.1) is 0 Å². The van der Waals surface area contributed by atoms with Crippen molar-refractivity contribution in [3.8, 4) is 33.9 Å². The minimum Gasteiger partial charge on any atom is -0.508 e. The summed E-state index contributed by atoms with van der Waals surface area (Å²) in [5, 5.41) is 30.5. The smallest absolute Gasteiger partial charge is 0.339 e. The normalized spacial score (nSPS) is 16.2. The molecule has 0 spiro atoms. The first kappa shape index (κ1) is 17.1. The molecule has 136 valence electrons. The molecule has 0 aliphatic heterocycles. The second-order valence-electron chi connectivity index (χ2n) is 6.52. The van der Waals surface area contributed by atoms with Gasteiger partial charge in [-0.1, -0.05) is 30.3 Å². The van der Waals surface area contributed by atoms with Gasteiger partial charge in [-0.15, -0.1) is 0 Å². The Morgan fingerprint density at radius 3 is 2.37 bits per heavy atom. The van der Waals surface area contributed by atoms with Crippen molar-refractivity contribution >= 4 is 5.78 Å². The molecule has 6 heteroatoms. The largest absolute Gasteiger partial charge is 0.508 e. The highest BCUT2D eigenvalue weighted by atomic mass is 16.4. The first-order valence-corrected chi connectivity index (χ1v) is 8.44. The number of benzene rings is 2. The molecule has 6 nitrogen and oxygen atoms in total. The van der Waals surface area contributed by atoms with E-state index >= 15 is 0 Å². The zero-order valence-electron chi connectivity index (χ0n) is 14.2. The maximum Gasteiger partial charge on any atom is 0.339 e. The molecule has 1 atom stereocenters. The Kier molecular flexibility index (Phi) is 4.05. The lowest BCUT2D eigenvalue weighted by atomic mass is 9.81. The molecule has 4 rings (SSSR count). The number of phenols is 1. The Balaban J connectivity index is 2.12. The second kappa shape index (κ2) is 6.41. The Labute approximate surface area is 154 Å². The summed E-state index contributed by atoms with van der Waals surface area (Å²) in [5.74, 6) is -0.779. The number of hydrogen-bond donors (Lipinski definition) is 3. The Bertz CT molecular complexity index is 1100. The second-order valence-corrected chi connectivity index (χ2v) is 6.52. The molecule has 3 aromatic rings. The van der Waals surface area contributed by atoms with E-state index < -0.39 is 11.7 Å². The van der Waals surface area contributed by atoms with Gasteiger partial charge in [0, 0.05) is 24.5 Å². The zero-order valence-corrected chi connectivity index (χ0v) is 14.2. The van der Waals surface area contributed by atoms with E-state index in [2.05, 4.69) is 0 Å². The highest BCUT2D eigenvalue weighted by molar-refractivity contribution is 6.05. The van der Waals surface area contributed by atoms with Crippen molar-refractivity contribution in [2.24, 2.45) is 0 Å². The van der Waals surface area contributed by atoms with Crippen molar-refractivity contribution in [3.63, 3.8) is 0 Å². The molecule has 0 saturated carbocycles. The number of aromatic hydroxyl groups is 2. The van der Waals surface area contributed by atoms with E-state index in [1.807, 2.05) is 30.3 Å². The highest BCUT2D eigenvalue weighted by Crippen LogP contribution is 2.43. The van der Waals surface area contributed by atoms with Gasteiger partial charge in [0.2, 0.25) is 0 Å². The summed E-state index contributed by atoms with van der Waals surface area (Å²) in [5.41, 5.74) is 1.42. The minimum absolute atomic E-state index is 0.0667. The number of fused-ring (bicyclic) bond motifs is 1. The van der Waals surface area contributed by atoms with E-state index in [1.54, 1.807) is 0 Å². The van der Waals surface area contributed by atoms with Gasteiger partial charge in [-0.2, -0.15) is 0 Å². The summed E-state index contributed by atoms with van der Waals surface area (Å²) in [4.78, 5) is 24.2. The topological polar surface area (TPSA) is 108 Å². The molecule has 0 unspecified atom stereocenters. The number of rotatable bonds is 2. The van der Waals surface area contributed by atoms with Crippen LogP contribution in [0.5, 0.6) is 11.5 Å². The molecular weight excluding hydrogens is 348 g/mol. The van der Waals surface area contributed by atoms with Gasteiger partial charge >= 0.3 is 5.63 Å². The molecule has 1 aliphatic carbocycles. The predicted octanol–water partition coefficient (Wildman–Crippen LogP) is 2.87. The lowest BCUT2D eigenvalue weighted by molar-refractivity contribution is 0.0850. The third-order valence-electron chi connectivity index (χ3n) is 4.64. The molecule has 2 aromatic carbocycles. The van der Waals surface area contributed by atoms with Crippen LogP contribution in [0.15, 0.2) is 57.7 Å². The fraction of sp³-hybridized carbons (Fsp3) is 0.143. The molecule has 0 bridgehead atoms. The zero-order chi connectivity index (χ0) is 19.1. The van der Waals surface area contributed by atoms with Crippen molar-refractivity contribution in [2.75, 3.05) is 0 Å². The highest BCUT2D eigenvalue weighted by Gasteiger charge is 2.32. The number of phenolic OH excluding ortho intramolecular Hbond substituents is 1. The molecule has 27 heavy (non-hydrogen) atoms. The molecule has 0 radical (unpaired) electrons. The molecule has 3 N–H and O–H groups in total. The predicted molar refractivity (Wildman–Crippen MR) is 97.8 cm³/mol. The van der Waals surface area contributed by atoms with Crippen molar-refractivity contribution in [2.45, 2.75) is 18.9 Å². The van der Waals surface area contributed by atoms with Crippen LogP contribution in [0.1, 0.15) is 22.3 Å². The molecule has 0 saturated heterocycles. The molecule has 1 aliphatic rings. The van der Waals surface area contributed by atoms with Crippen LogP contribution < -0.4 is 5.63 Å². The van der Waals surface area contributed by atoms with Crippen LogP contribution in [-0.2, 0) is 6.42 Å². The lowest BCUT2D eigenvalue weighted by Gasteiger charge is -2.25. The van der Waals surface area contributed by atoms with E-state index in [-0.39, 0.29) is 41.4 Å². The monoisotopic (exact) mass is 364 g/mol. The van der Waals surface area contributed by atoms with Crippen LogP contribution in [0.3, 0.4) is 0 Å². The maximum atomic E-state index is 12.4. The van der Waals surface area contributed by atoms with Crippen molar-refractivity contribution in [1.29, 1.82) is 0 Å². The molecule has 0 amide bonds. The van der Waals surface area contributed by atoms with Gasteiger partial charge in [0.05, 0.1) is 17.7 Å². The van der Waals surface area contributed by atoms with Gasteiger partial charge in [0.25, 0.3) is 0 Å². The van der Waals surface area contributed by atoms with E-state index in [0.717, 1.165) is 11.6 Å². The fourth-order valence-electron chi connectivity index (χ4n) is 3.58. The van der Waals surface area contributed by atoms with Gasteiger partial charge in [0.1, 0.15) is 17.3 Å².